The fourth-order valence-corrected chi connectivity index (χ4v) is 7.08. The zero-order valence-corrected chi connectivity index (χ0v) is 23.5. The maximum absolute atomic E-state index is 12.9. The number of hydrogen-bond acceptors (Lipinski definition) is 10. The van der Waals surface area contributed by atoms with Gasteiger partial charge in [-0.3, -0.25) is 24.0 Å². The van der Waals surface area contributed by atoms with E-state index in [0.717, 1.165) is 0 Å². The molecule has 38 heavy (non-hydrogen) atoms. The van der Waals surface area contributed by atoms with Crippen LogP contribution in [-0.2, 0) is 47.7 Å². The maximum atomic E-state index is 12.9. The summed E-state index contributed by atoms with van der Waals surface area (Å²) in [5.74, 6) is -4.19. The molecule has 0 aromatic rings. The lowest BCUT2D eigenvalue weighted by Crippen LogP contribution is -2.69. The number of ketones is 1. The molecule has 2 saturated heterocycles. The van der Waals surface area contributed by atoms with Gasteiger partial charge in [0.1, 0.15) is 17.8 Å². The van der Waals surface area contributed by atoms with Crippen molar-refractivity contribution < 1.29 is 47.7 Å². The lowest BCUT2D eigenvalue weighted by Gasteiger charge is -2.56. The third kappa shape index (κ3) is 5.51. The van der Waals surface area contributed by atoms with Crippen LogP contribution in [0.15, 0.2) is 12.2 Å². The summed E-state index contributed by atoms with van der Waals surface area (Å²) < 4.78 is 30.1. The standard InChI is InChI=1S/C28H40O10/c1-13(2)21-22-23(28(9,38-18(7)32)26(35-16(5)30)24(21)34-15(4)29)20-12-14(3)19(33)10-11-27(8,25(22)36-20)37-17(6)31/h13,20-26H,3,10-12H2,1-2,4-9H3/t20-,21-,22-,23-,24+,25-,26+,27-,28+/m1/s1. The van der Waals surface area contributed by atoms with Gasteiger partial charge in [-0.15, -0.1) is 0 Å². The molecule has 212 valence electrons. The quantitative estimate of drug-likeness (QED) is 0.293. The van der Waals surface area contributed by atoms with Crippen LogP contribution in [0.3, 0.4) is 0 Å². The second kappa shape index (κ2) is 10.8. The Balaban J connectivity index is 2.34. The van der Waals surface area contributed by atoms with Crippen LogP contribution in [0, 0.1) is 23.7 Å². The minimum Gasteiger partial charge on any atom is -0.458 e. The first-order chi connectivity index (χ1) is 17.5. The van der Waals surface area contributed by atoms with Crippen molar-refractivity contribution in [2.24, 2.45) is 23.7 Å². The number of Topliss-reactive ketones (excluding diaryl/α,β-unsaturated/α-hetero) is 1. The molecule has 3 fully saturated rings. The molecule has 0 radical (unpaired) electrons. The normalized spacial score (nSPS) is 38.8. The van der Waals surface area contributed by atoms with E-state index in [1.54, 1.807) is 13.8 Å². The van der Waals surface area contributed by atoms with E-state index in [2.05, 4.69) is 6.58 Å². The van der Waals surface area contributed by atoms with Crippen molar-refractivity contribution in [3.8, 4) is 0 Å². The Morgan fingerprint density at radius 1 is 0.947 bits per heavy atom. The molecule has 2 bridgehead atoms. The fraction of sp³-hybridized carbons (Fsp3) is 0.750. The smallest absolute Gasteiger partial charge is 0.303 e. The number of hydrogen-bond donors (Lipinski definition) is 0. The van der Waals surface area contributed by atoms with Crippen LogP contribution < -0.4 is 0 Å². The van der Waals surface area contributed by atoms with E-state index in [-0.39, 0.29) is 31.0 Å². The summed E-state index contributed by atoms with van der Waals surface area (Å²) in [6.07, 6.45) is -3.11. The molecular formula is C28H40O10. The van der Waals surface area contributed by atoms with Gasteiger partial charge in [0.05, 0.1) is 6.10 Å². The van der Waals surface area contributed by atoms with Crippen LogP contribution in [0.5, 0.6) is 0 Å². The van der Waals surface area contributed by atoms with E-state index in [4.69, 9.17) is 23.7 Å². The molecule has 0 spiro atoms. The van der Waals surface area contributed by atoms with Gasteiger partial charge in [-0.2, -0.15) is 0 Å². The summed E-state index contributed by atoms with van der Waals surface area (Å²) in [5, 5.41) is 0. The summed E-state index contributed by atoms with van der Waals surface area (Å²) in [6, 6.07) is 0. The van der Waals surface area contributed by atoms with Crippen molar-refractivity contribution in [1.29, 1.82) is 0 Å². The predicted molar refractivity (Wildman–Crippen MR) is 133 cm³/mol. The van der Waals surface area contributed by atoms with Crippen molar-refractivity contribution in [2.45, 2.75) is 110 Å². The Morgan fingerprint density at radius 2 is 1.53 bits per heavy atom. The topological polar surface area (TPSA) is 132 Å². The van der Waals surface area contributed by atoms with Crippen LogP contribution in [-0.4, -0.2) is 65.3 Å². The maximum Gasteiger partial charge on any atom is 0.303 e. The Kier molecular flexibility index (Phi) is 8.46. The molecule has 0 aromatic carbocycles. The average Bonchev–Trinajstić information content (AvgIpc) is 3.14. The van der Waals surface area contributed by atoms with Crippen molar-refractivity contribution in [3.05, 3.63) is 12.2 Å². The third-order valence-electron chi connectivity index (χ3n) is 8.23. The second-order valence-corrected chi connectivity index (χ2v) is 11.5. The first-order valence-corrected chi connectivity index (χ1v) is 13.1. The summed E-state index contributed by atoms with van der Waals surface area (Å²) in [6.45, 7) is 16.3. The molecule has 9 atom stereocenters. The van der Waals surface area contributed by atoms with E-state index in [9.17, 15) is 24.0 Å². The zero-order chi connectivity index (χ0) is 28.7. The lowest BCUT2D eigenvalue weighted by molar-refractivity contribution is -0.249. The van der Waals surface area contributed by atoms with Crippen LogP contribution in [0.1, 0.15) is 74.7 Å². The highest BCUT2D eigenvalue weighted by Gasteiger charge is 2.71. The number of rotatable bonds is 5. The van der Waals surface area contributed by atoms with E-state index < -0.39 is 77.2 Å². The van der Waals surface area contributed by atoms with Crippen molar-refractivity contribution in [1.82, 2.24) is 0 Å². The van der Waals surface area contributed by atoms with Crippen molar-refractivity contribution >= 4 is 29.7 Å². The second-order valence-electron chi connectivity index (χ2n) is 11.5. The summed E-state index contributed by atoms with van der Waals surface area (Å²) in [5.41, 5.74) is -2.38. The van der Waals surface area contributed by atoms with Gasteiger partial charge >= 0.3 is 23.9 Å². The largest absolute Gasteiger partial charge is 0.458 e. The molecule has 0 N–H and O–H groups in total. The molecule has 2 aliphatic heterocycles. The first-order valence-electron chi connectivity index (χ1n) is 13.1. The predicted octanol–water partition coefficient (Wildman–Crippen LogP) is 3.09. The Morgan fingerprint density at radius 3 is 2.03 bits per heavy atom. The third-order valence-corrected chi connectivity index (χ3v) is 8.23. The molecular weight excluding hydrogens is 496 g/mol. The van der Waals surface area contributed by atoms with Gasteiger partial charge in [-0.1, -0.05) is 20.4 Å². The molecule has 3 rings (SSSR count). The fourth-order valence-electron chi connectivity index (χ4n) is 7.08. The van der Waals surface area contributed by atoms with Crippen LogP contribution in [0.25, 0.3) is 0 Å². The molecule has 0 aromatic heterocycles. The van der Waals surface area contributed by atoms with Crippen LogP contribution >= 0.6 is 0 Å². The van der Waals surface area contributed by atoms with Gasteiger partial charge in [0.25, 0.3) is 0 Å². The SMILES string of the molecule is C=C1C[C@H]2O[C@H]([C@@H]3[C@@H](C(C)C)[C@H](OC(C)=O)[C@H](OC(C)=O)[C@@](C)(OC(C)=O)[C@@H]32)[C@](C)(OC(C)=O)CCC1=O. The zero-order valence-electron chi connectivity index (χ0n) is 23.5. The Hall–Kier alpha value is -2.75. The van der Waals surface area contributed by atoms with Crippen molar-refractivity contribution in [3.63, 3.8) is 0 Å². The molecule has 10 nitrogen and oxygen atoms in total. The van der Waals surface area contributed by atoms with E-state index in [1.165, 1.54) is 27.7 Å². The molecule has 0 unspecified atom stereocenters. The average molecular weight is 537 g/mol. The highest BCUT2D eigenvalue weighted by atomic mass is 16.6. The number of ether oxygens (including phenoxy) is 5. The molecule has 2 heterocycles. The van der Waals surface area contributed by atoms with E-state index in [1.807, 2.05) is 13.8 Å². The Labute approximate surface area is 223 Å². The molecule has 10 heteroatoms. The van der Waals surface area contributed by atoms with Crippen molar-refractivity contribution in [2.75, 3.05) is 0 Å². The summed E-state index contributed by atoms with van der Waals surface area (Å²) in [7, 11) is 0. The Bertz CT molecular complexity index is 1020. The van der Waals surface area contributed by atoms with Gasteiger partial charge in [0, 0.05) is 58.3 Å². The molecule has 1 saturated carbocycles. The summed E-state index contributed by atoms with van der Waals surface area (Å²) >= 11 is 0. The number of esters is 4. The van der Waals surface area contributed by atoms with Gasteiger partial charge < -0.3 is 23.7 Å². The van der Waals surface area contributed by atoms with Gasteiger partial charge in [-0.05, 0) is 31.8 Å². The number of carbonyl (C=O) groups excluding carboxylic acids is 5. The highest BCUT2D eigenvalue weighted by molar-refractivity contribution is 5.94. The minimum atomic E-state index is -1.51. The lowest BCUT2D eigenvalue weighted by atomic mass is 9.55. The highest BCUT2D eigenvalue weighted by Crippen LogP contribution is 2.59. The molecule has 1 aliphatic carbocycles. The van der Waals surface area contributed by atoms with Crippen LogP contribution in [0.2, 0.25) is 0 Å². The number of carbonyl (C=O) groups is 5. The van der Waals surface area contributed by atoms with Gasteiger partial charge in [0.2, 0.25) is 0 Å². The van der Waals surface area contributed by atoms with Gasteiger partial charge in [0.15, 0.2) is 17.5 Å². The monoisotopic (exact) mass is 536 g/mol. The summed E-state index contributed by atoms with van der Waals surface area (Å²) in [4.78, 5) is 62.4. The van der Waals surface area contributed by atoms with Gasteiger partial charge in [-0.25, -0.2) is 0 Å². The van der Waals surface area contributed by atoms with E-state index in [0.29, 0.717) is 5.57 Å². The van der Waals surface area contributed by atoms with E-state index >= 15 is 0 Å². The first kappa shape index (κ1) is 29.8. The minimum absolute atomic E-state index is 0.115. The molecule has 0 amide bonds. The molecule has 3 aliphatic rings. The number of fused-ring (bicyclic) bond motifs is 5. The van der Waals surface area contributed by atoms with Crippen LogP contribution in [0.4, 0.5) is 0 Å².